The Hall–Kier alpha value is -0.0500. The monoisotopic (exact) mass is 301 g/mol. The van der Waals surface area contributed by atoms with Crippen LogP contribution in [-0.2, 0) is 4.79 Å². The molecule has 2 nitrogen and oxygen atoms in total. The van der Waals surface area contributed by atoms with Crippen LogP contribution in [0.4, 0.5) is 0 Å². The molecule has 0 aromatic heterocycles. The van der Waals surface area contributed by atoms with Crippen LogP contribution in [0.1, 0.15) is 51.9 Å². The van der Waals surface area contributed by atoms with Crippen molar-refractivity contribution >= 4 is 21.8 Å². The molecule has 2 fully saturated rings. The molecule has 1 atom stereocenters. The van der Waals surface area contributed by atoms with Gasteiger partial charge in [-0.1, -0.05) is 35.7 Å². The van der Waals surface area contributed by atoms with Crippen molar-refractivity contribution in [3.8, 4) is 0 Å². The highest BCUT2D eigenvalue weighted by Gasteiger charge is 2.43. The van der Waals surface area contributed by atoms with Gasteiger partial charge >= 0.3 is 0 Å². The number of likely N-dealkylation sites (tertiary alicyclic amines) is 1. The second-order valence-corrected chi connectivity index (χ2v) is 6.52. The smallest absolute Gasteiger partial charge is 0.228 e. The minimum atomic E-state index is 0.0172. The Kier molecular flexibility index (Phi) is 4.51. The summed E-state index contributed by atoms with van der Waals surface area (Å²) in [5.41, 5.74) is 0.0172. The maximum absolute atomic E-state index is 12.7. The average Bonchev–Trinajstić information content (AvgIpc) is 2.98. The van der Waals surface area contributed by atoms with E-state index in [2.05, 4.69) is 27.8 Å². The van der Waals surface area contributed by atoms with Crippen molar-refractivity contribution in [2.45, 2.75) is 51.9 Å². The van der Waals surface area contributed by atoms with Crippen molar-refractivity contribution in [2.75, 3.05) is 18.4 Å². The maximum atomic E-state index is 12.7. The van der Waals surface area contributed by atoms with Crippen LogP contribution in [0, 0.1) is 11.3 Å². The van der Waals surface area contributed by atoms with Crippen LogP contribution in [0.2, 0.25) is 0 Å². The number of alkyl halides is 1. The zero-order valence-corrected chi connectivity index (χ0v) is 12.5. The van der Waals surface area contributed by atoms with Gasteiger partial charge in [-0.3, -0.25) is 4.79 Å². The molecule has 1 aliphatic heterocycles. The number of hydrogen-bond donors (Lipinski definition) is 0. The zero-order valence-electron chi connectivity index (χ0n) is 10.9. The molecular weight excluding hydrogens is 278 g/mol. The number of rotatable bonds is 4. The summed E-state index contributed by atoms with van der Waals surface area (Å²) in [4.78, 5) is 14.8. The largest absolute Gasteiger partial charge is 0.342 e. The highest BCUT2D eigenvalue weighted by molar-refractivity contribution is 9.09. The number of carbonyl (C=O) groups excluding carboxylic acids is 1. The summed E-state index contributed by atoms with van der Waals surface area (Å²) in [5, 5.41) is 1.07. The minimum Gasteiger partial charge on any atom is -0.342 e. The molecule has 0 spiro atoms. The van der Waals surface area contributed by atoms with E-state index in [4.69, 9.17) is 0 Å². The fraction of sp³-hybridized carbons (Fsp3) is 0.929. The molecule has 0 aromatic rings. The van der Waals surface area contributed by atoms with Crippen LogP contribution < -0.4 is 0 Å². The first-order valence-corrected chi connectivity index (χ1v) is 8.19. The van der Waals surface area contributed by atoms with E-state index in [1.165, 1.54) is 25.7 Å². The Bertz CT molecular complexity index is 273. The van der Waals surface area contributed by atoms with Crippen molar-refractivity contribution in [3.05, 3.63) is 0 Å². The fourth-order valence-electron chi connectivity index (χ4n) is 3.51. The summed E-state index contributed by atoms with van der Waals surface area (Å²) < 4.78 is 0. The number of nitrogens with zero attached hydrogens (tertiary/aromatic N) is 1. The van der Waals surface area contributed by atoms with Gasteiger partial charge in [-0.25, -0.2) is 0 Å². The molecule has 1 heterocycles. The van der Waals surface area contributed by atoms with Gasteiger partial charge in [0.1, 0.15) is 0 Å². The molecule has 98 valence electrons. The molecule has 17 heavy (non-hydrogen) atoms. The van der Waals surface area contributed by atoms with Crippen LogP contribution in [0.15, 0.2) is 0 Å². The first-order valence-electron chi connectivity index (χ1n) is 7.07. The number of amides is 1. The Morgan fingerprint density at radius 1 is 1.41 bits per heavy atom. The van der Waals surface area contributed by atoms with Crippen molar-refractivity contribution in [1.29, 1.82) is 0 Å². The number of hydrogen-bond acceptors (Lipinski definition) is 1. The first kappa shape index (κ1) is 13.4. The molecule has 1 aliphatic carbocycles. The lowest BCUT2D eigenvalue weighted by Gasteiger charge is -2.31. The Labute approximate surface area is 113 Å². The predicted octanol–water partition coefficient (Wildman–Crippen LogP) is 3.59. The Morgan fingerprint density at radius 2 is 2.12 bits per heavy atom. The van der Waals surface area contributed by atoms with Crippen LogP contribution in [0.3, 0.4) is 0 Å². The second-order valence-electron chi connectivity index (χ2n) is 5.72. The van der Waals surface area contributed by atoms with E-state index in [0.29, 0.717) is 5.91 Å². The van der Waals surface area contributed by atoms with E-state index in [0.717, 1.165) is 43.6 Å². The third-order valence-corrected chi connectivity index (χ3v) is 5.24. The third kappa shape index (κ3) is 2.69. The molecular formula is C14H24BrNO. The van der Waals surface area contributed by atoms with Gasteiger partial charge < -0.3 is 4.90 Å². The quantitative estimate of drug-likeness (QED) is 0.727. The number of carbonyl (C=O) groups is 1. The van der Waals surface area contributed by atoms with Crippen LogP contribution in [0.5, 0.6) is 0 Å². The topological polar surface area (TPSA) is 20.3 Å². The summed E-state index contributed by atoms with van der Waals surface area (Å²) in [6.45, 7) is 4.19. The van der Waals surface area contributed by atoms with Crippen LogP contribution >= 0.6 is 15.9 Å². The van der Waals surface area contributed by atoms with Gasteiger partial charge in [-0.05, 0) is 38.0 Å². The summed E-state index contributed by atoms with van der Waals surface area (Å²) in [7, 11) is 0. The van der Waals surface area contributed by atoms with Crippen LogP contribution in [0.25, 0.3) is 0 Å². The van der Waals surface area contributed by atoms with E-state index in [9.17, 15) is 4.79 Å². The lowest BCUT2D eigenvalue weighted by molar-refractivity contribution is -0.141. The lowest BCUT2D eigenvalue weighted by atomic mass is 9.82. The summed E-state index contributed by atoms with van der Waals surface area (Å²) >= 11 is 3.50. The molecule has 1 saturated carbocycles. The molecule has 2 rings (SSSR count). The first-order chi connectivity index (χ1) is 8.22. The molecule has 1 amide bonds. The predicted molar refractivity (Wildman–Crippen MR) is 74.3 cm³/mol. The normalized spacial score (nSPS) is 27.6. The van der Waals surface area contributed by atoms with Gasteiger partial charge in [0.15, 0.2) is 0 Å². The molecule has 1 unspecified atom stereocenters. The molecule has 0 aromatic carbocycles. The SMILES string of the molecule is CCC1(C(=O)N2CCC(CCBr)C2)CCCC1. The maximum Gasteiger partial charge on any atom is 0.228 e. The van der Waals surface area contributed by atoms with E-state index in [1.54, 1.807) is 0 Å². The molecule has 3 heteroatoms. The van der Waals surface area contributed by atoms with Gasteiger partial charge in [-0.15, -0.1) is 0 Å². The van der Waals surface area contributed by atoms with Gasteiger partial charge in [0.05, 0.1) is 0 Å². The van der Waals surface area contributed by atoms with E-state index < -0.39 is 0 Å². The van der Waals surface area contributed by atoms with Crippen molar-refractivity contribution < 1.29 is 4.79 Å². The zero-order chi connectivity index (χ0) is 12.3. The van der Waals surface area contributed by atoms with Crippen LogP contribution in [-0.4, -0.2) is 29.2 Å². The van der Waals surface area contributed by atoms with Gasteiger partial charge in [-0.2, -0.15) is 0 Å². The van der Waals surface area contributed by atoms with Crippen molar-refractivity contribution in [2.24, 2.45) is 11.3 Å². The van der Waals surface area contributed by atoms with Gasteiger partial charge in [0.2, 0.25) is 5.91 Å². The molecule has 0 bridgehead atoms. The van der Waals surface area contributed by atoms with Gasteiger partial charge in [0, 0.05) is 23.8 Å². The molecule has 0 radical (unpaired) electrons. The Balaban J connectivity index is 1.96. The second kappa shape index (κ2) is 5.73. The third-order valence-electron chi connectivity index (χ3n) is 4.78. The van der Waals surface area contributed by atoms with E-state index >= 15 is 0 Å². The standard InChI is InChI=1S/C14H24BrNO/c1-2-14(7-3-4-8-14)13(17)16-10-6-12(11-16)5-9-15/h12H,2-11H2,1H3. The Morgan fingerprint density at radius 3 is 2.71 bits per heavy atom. The summed E-state index contributed by atoms with van der Waals surface area (Å²) in [5.74, 6) is 1.20. The highest BCUT2D eigenvalue weighted by atomic mass is 79.9. The van der Waals surface area contributed by atoms with E-state index in [-0.39, 0.29) is 5.41 Å². The minimum absolute atomic E-state index is 0.0172. The van der Waals surface area contributed by atoms with Gasteiger partial charge in [0.25, 0.3) is 0 Å². The molecule has 1 saturated heterocycles. The fourth-order valence-corrected chi connectivity index (χ4v) is 4.16. The number of halogens is 1. The van der Waals surface area contributed by atoms with Crippen molar-refractivity contribution in [1.82, 2.24) is 4.90 Å². The lowest BCUT2D eigenvalue weighted by Crippen LogP contribution is -2.41. The average molecular weight is 302 g/mol. The molecule has 0 N–H and O–H groups in total. The van der Waals surface area contributed by atoms with E-state index in [1.807, 2.05) is 0 Å². The van der Waals surface area contributed by atoms with Crippen molar-refractivity contribution in [3.63, 3.8) is 0 Å². The highest BCUT2D eigenvalue weighted by Crippen LogP contribution is 2.43. The summed E-state index contributed by atoms with van der Waals surface area (Å²) in [6, 6.07) is 0. The molecule has 2 aliphatic rings. The summed E-state index contributed by atoms with van der Waals surface area (Å²) in [6.07, 6.45) is 8.20.